The quantitative estimate of drug-likeness (QED) is 0.907. The van der Waals surface area contributed by atoms with Crippen LogP contribution in [-0.2, 0) is 20.0 Å². The van der Waals surface area contributed by atoms with Crippen LogP contribution in [0.1, 0.15) is 29.5 Å². The summed E-state index contributed by atoms with van der Waals surface area (Å²) in [7, 11) is -3.41. The average Bonchev–Trinajstić information content (AvgIpc) is 3.00. The standard InChI is InChI=1S/C13H16O4S/c1-8-6-10(13(4-5-13)12(14)15)11(7-9(8)2)18(3,16)17/h6-7H,4-5H2,1-3H3,(H,14,15). The van der Waals surface area contributed by atoms with Crippen LogP contribution in [0.25, 0.3) is 0 Å². The normalized spacial score (nSPS) is 17.5. The third kappa shape index (κ3) is 1.92. The maximum Gasteiger partial charge on any atom is 0.314 e. The van der Waals surface area contributed by atoms with E-state index in [2.05, 4.69) is 0 Å². The Labute approximate surface area is 107 Å². The van der Waals surface area contributed by atoms with E-state index in [1.54, 1.807) is 12.1 Å². The van der Waals surface area contributed by atoms with Crippen molar-refractivity contribution >= 4 is 15.8 Å². The first kappa shape index (κ1) is 13.1. The van der Waals surface area contributed by atoms with Crippen molar-refractivity contribution in [2.45, 2.75) is 37.0 Å². The molecular weight excluding hydrogens is 252 g/mol. The van der Waals surface area contributed by atoms with E-state index in [0.29, 0.717) is 18.4 Å². The van der Waals surface area contributed by atoms with E-state index in [0.717, 1.165) is 17.4 Å². The number of aliphatic carboxylic acids is 1. The van der Waals surface area contributed by atoms with Crippen molar-refractivity contribution in [2.24, 2.45) is 0 Å². The zero-order valence-corrected chi connectivity index (χ0v) is 11.5. The molecule has 1 aromatic carbocycles. The summed E-state index contributed by atoms with van der Waals surface area (Å²) in [5.74, 6) is -0.935. The fourth-order valence-corrected chi connectivity index (χ4v) is 3.24. The highest BCUT2D eigenvalue weighted by Crippen LogP contribution is 2.50. The van der Waals surface area contributed by atoms with Crippen molar-refractivity contribution in [1.29, 1.82) is 0 Å². The average molecular weight is 268 g/mol. The SMILES string of the molecule is Cc1cc(C2(C(=O)O)CC2)c(S(C)(=O)=O)cc1C. The van der Waals surface area contributed by atoms with E-state index in [1.165, 1.54) is 0 Å². The highest BCUT2D eigenvalue weighted by Gasteiger charge is 2.53. The third-order valence-electron chi connectivity index (χ3n) is 3.67. The molecule has 1 aliphatic rings. The van der Waals surface area contributed by atoms with E-state index >= 15 is 0 Å². The largest absolute Gasteiger partial charge is 0.481 e. The van der Waals surface area contributed by atoms with E-state index < -0.39 is 21.2 Å². The van der Waals surface area contributed by atoms with Gasteiger partial charge in [0.05, 0.1) is 10.3 Å². The van der Waals surface area contributed by atoms with Crippen molar-refractivity contribution in [3.8, 4) is 0 Å². The molecule has 0 unspecified atom stereocenters. The summed E-state index contributed by atoms with van der Waals surface area (Å²) in [6, 6.07) is 3.30. The van der Waals surface area contributed by atoms with Crippen LogP contribution in [0.4, 0.5) is 0 Å². The van der Waals surface area contributed by atoms with Crippen molar-refractivity contribution in [3.63, 3.8) is 0 Å². The summed E-state index contributed by atoms with van der Waals surface area (Å²) in [5, 5.41) is 9.31. The molecule has 1 saturated carbocycles. The van der Waals surface area contributed by atoms with Gasteiger partial charge in [-0.1, -0.05) is 6.07 Å². The Balaban J connectivity index is 2.75. The van der Waals surface area contributed by atoms with Gasteiger partial charge in [0.2, 0.25) is 0 Å². The van der Waals surface area contributed by atoms with Crippen LogP contribution < -0.4 is 0 Å². The van der Waals surface area contributed by atoms with Gasteiger partial charge in [0.15, 0.2) is 9.84 Å². The second-order valence-electron chi connectivity index (χ2n) is 5.09. The van der Waals surface area contributed by atoms with Gasteiger partial charge >= 0.3 is 5.97 Å². The molecule has 5 heteroatoms. The summed E-state index contributed by atoms with van der Waals surface area (Å²) in [5.41, 5.74) is 1.24. The van der Waals surface area contributed by atoms with Crippen molar-refractivity contribution < 1.29 is 18.3 Å². The first-order valence-corrected chi connectivity index (χ1v) is 7.63. The molecule has 0 saturated heterocycles. The van der Waals surface area contributed by atoms with Crippen molar-refractivity contribution in [1.82, 2.24) is 0 Å². The van der Waals surface area contributed by atoms with Gasteiger partial charge in [-0.2, -0.15) is 0 Å². The summed E-state index contributed by atoms with van der Waals surface area (Å²) in [4.78, 5) is 11.5. The molecule has 0 bridgehead atoms. The number of carboxylic acid groups (broad SMARTS) is 1. The predicted molar refractivity (Wildman–Crippen MR) is 67.6 cm³/mol. The number of sulfone groups is 1. The number of rotatable bonds is 3. The summed E-state index contributed by atoms with van der Waals surface area (Å²) in [6.07, 6.45) is 2.14. The van der Waals surface area contributed by atoms with E-state index in [-0.39, 0.29) is 4.90 Å². The number of benzene rings is 1. The van der Waals surface area contributed by atoms with Crippen LogP contribution in [0, 0.1) is 13.8 Å². The minimum Gasteiger partial charge on any atom is -0.481 e. The number of hydrogen-bond acceptors (Lipinski definition) is 3. The van der Waals surface area contributed by atoms with Crippen LogP contribution in [-0.4, -0.2) is 25.7 Å². The van der Waals surface area contributed by atoms with E-state index in [4.69, 9.17) is 0 Å². The highest BCUT2D eigenvalue weighted by atomic mass is 32.2. The van der Waals surface area contributed by atoms with Crippen LogP contribution in [0.2, 0.25) is 0 Å². The molecule has 18 heavy (non-hydrogen) atoms. The fourth-order valence-electron chi connectivity index (χ4n) is 2.19. The summed E-state index contributed by atoms with van der Waals surface area (Å²) in [6.45, 7) is 3.69. The lowest BCUT2D eigenvalue weighted by Crippen LogP contribution is -2.22. The lowest BCUT2D eigenvalue weighted by atomic mass is 9.93. The second-order valence-corrected chi connectivity index (χ2v) is 7.08. The lowest BCUT2D eigenvalue weighted by molar-refractivity contribution is -0.140. The molecule has 1 fully saturated rings. The van der Waals surface area contributed by atoms with Crippen LogP contribution in [0.3, 0.4) is 0 Å². The minimum absolute atomic E-state index is 0.158. The van der Waals surface area contributed by atoms with Gasteiger partial charge in [-0.05, 0) is 49.4 Å². The monoisotopic (exact) mass is 268 g/mol. The van der Waals surface area contributed by atoms with Crippen LogP contribution >= 0.6 is 0 Å². The molecule has 0 spiro atoms. The van der Waals surface area contributed by atoms with Crippen LogP contribution in [0.15, 0.2) is 17.0 Å². The number of carbonyl (C=O) groups is 1. The predicted octanol–water partition coefficient (Wildman–Crippen LogP) is 1.82. The Morgan fingerprint density at radius 1 is 1.22 bits per heavy atom. The molecule has 0 amide bonds. The third-order valence-corrected chi connectivity index (χ3v) is 4.81. The fraction of sp³-hybridized carbons (Fsp3) is 0.462. The van der Waals surface area contributed by atoms with Gasteiger partial charge in [0, 0.05) is 6.26 Å². The second kappa shape index (κ2) is 3.82. The molecule has 0 aromatic heterocycles. The molecule has 0 radical (unpaired) electrons. The van der Waals surface area contributed by atoms with Gasteiger partial charge in [-0.3, -0.25) is 4.79 Å². The van der Waals surface area contributed by atoms with Crippen LogP contribution in [0.5, 0.6) is 0 Å². The topological polar surface area (TPSA) is 71.4 Å². The zero-order chi connectivity index (χ0) is 13.7. The molecule has 1 N–H and O–H groups in total. The smallest absolute Gasteiger partial charge is 0.314 e. The molecule has 1 aromatic rings. The molecule has 98 valence electrons. The molecular formula is C13H16O4S. The highest BCUT2D eigenvalue weighted by molar-refractivity contribution is 7.90. The minimum atomic E-state index is -3.41. The molecule has 4 nitrogen and oxygen atoms in total. The Hall–Kier alpha value is -1.36. The molecule has 2 rings (SSSR count). The maximum absolute atomic E-state index is 11.8. The Bertz CT molecular complexity index is 625. The maximum atomic E-state index is 11.8. The molecule has 0 aliphatic heterocycles. The molecule has 1 aliphatic carbocycles. The Morgan fingerprint density at radius 3 is 2.11 bits per heavy atom. The first-order valence-electron chi connectivity index (χ1n) is 5.74. The Morgan fingerprint density at radius 2 is 1.72 bits per heavy atom. The summed E-state index contributed by atoms with van der Waals surface area (Å²) >= 11 is 0. The van der Waals surface area contributed by atoms with Gasteiger partial charge in [0.25, 0.3) is 0 Å². The summed E-state index contributed by atoms with van der Waals surface area (Å²) < 4.78 is 23.6. The van der Waals surface area contributed by atoms with Gasteiger partial charge < -0.3 is 5.11 Å². The van der Waals surface area contributed by atoms with Crippen molar-refractivity contribution in [2.75, 3.05) is 6.26 Å². The van der Waals surface area contributed by atoms with E-state index in [9.17, 15) is 18.3 Å². The van der Waals surface area contributed by atoms with Gasteiger partial charge in [-0.15, -0.1) is 0 Å². The number of hydrogen-bond donors (Lipinski definition) is 1. The zero-order valence-electron chi connectivity index (χ0n) is 10.6. The van der Waals surface area contributed by atoms with Crippen molar-refractivity contribution in [3.05, 3.63) is 28.8 Å². The van der Waals surface area contributed by atoms with E-state index in [1.807, 2.05) is 13.8 Å². The first-order chi connectivity index (χ1) is 8.18. The Kier molecular flexibility index (Phi) is 2.77. The number of carboxylic acids is 1. The number of aryl methyl sites for hydroxylation is 2. The lowest BCUT2D eigenvalue weighted by Gasteiger charge is -2.17. The van der Waals surface area contributed by atoms with Gasteiger partial charge in [-0.25, -0.2) is 8.42 Å². The molecule has 0 heterocycles. The molecule has 0 atom stereocenters. The van der Waals surface area contributed by atoms with Gasteiger partial charge in [0.1, 0.15) is 0 Å².